The summed E-state index contributed by atoms with van der Waals surface area (Å²) in [6, 6.07) is -7.38. The number of benzene rings is 1. The van der Waals surface area contributed by atoms with Crippen LogP contribution in [0, 0.1) is 0 Å². The van der Waals surface area contributed by atoms with Gasteiger partial charge in [-0.15, -0.1) is 0 Å². The zero-order valence-electron chi connectivity index (χ0n) is 47.1. The van der Waals surface area contributed by atoms with Crippen LogP contribution in [0.4, 0.5) is 0 Å². The Morgan fingerprint density at radius 1 is 0.372 bits per heavy atom. The molecule has 1 rings (SSSR count). The number of ether oxygens (including phenoxy) is 1. The van der Waals surface area contributed by atoms with Crippen molar-refractivity contribution >= 4 is 82.7 Å². The Hall–Kier alpha value is -8.48. The molecule has 35 heteroatoms. The van der Waals surface area contributed by atoms with Crippen molar-refractivity contribution in [3.05, 3.63) is 29.8 Å². The van der Waals surface area contributed by atoms with Gasteiger partial charge in [0.1, 0.15) is 54.1 Å². The number of carboxylic acids is 2. The minimum atomic E-state index is -1.85. The number of unbranched alkanes of at least 4 members (excludes halogenated alkanes) is 7. The van der Waals surface area contributed by atoms with Gasteiger partial charge in [0.2, 0.25) is 65.0 Å². The van der Waals surface area contributed by atoms with E-state index >= 15 is 0 Å². The highest BCUT2D eigenvalue weighted by Gasteiger charge is 2.31. The van der Waals surface area contributed by atoms with Crippen LogP contribution >= 0.6 is 0 Å². The van der Waals surface area contributed by atoms with Gasteiger partial charge in [0.15, 0.2) is 5.78 Å². The van der Waals surface area contributed by atoms with E-state index in [0.29, 0.717) is 25.2 Å². The zero-order chi connectivity index (χ0) is 64.7. The van der Waals surface area contributed by atoms with E-state index in [1.54, 1.807) is 12.1 Å². The second-order valence-corrected chi connectivity index (χ2v) is 19.0. The summed E-state index contributed by atoms with van der Waals surface area (Å²) in [7, 11) is 0. The van der Waals surface area contributed by atoms with E-state index in [9.17, 15) is 103 Å². The van der Waals surface area contributed by atoms with Crippen molar-refractivity contribution in [3.63, 3.8) is 0 Å². The first-order valence-corrected chi connectivity index (χ1v) is 27.0. The number of ketones is 1. The number of hydrogen-bond acceptors (Lipinski definition) is 22. The summed E-state index contributed by atoms with van der Waals surface area (Å²) < 4.78 is 5.62. The van der Waals surface area contributed by atoms with Crippen LogP contribution in [-0.2, 0) is 62.3 Å². The Labute approximate surface area is 491 Å². The van der Waals surface area contributed by atoms with Gasteiger partial charge in [-0.05, 0) is 50.5 Å². The van der Waals surface area contributed by atoms with E-state index in [4.69, 9.17) is 14.9 Å². The topological polar surface area (TPSA) is 563 Å². The first-order chi connectivity index (χ1) is 40.9. The van der Waals surface area contributed by atoms with Crippen LogP contribution in [0.15, 0.2) is 24.3 Å². The number of rotatable bonds is 45. The molecule has 20 N–H and O–H groups in total. The normalized spacial score (nSPS) is 13.6. The largest absolute Gasteiger partial charge is 0.494 e. The molecule has 1 aromatic carbocycles. The van der Waals surface area contributed by atoms with Crippen molar-refractivity contribution in [1.82, 2.24) is 58.5 Å². The number of carboxylic acid groups (broad SMARTS) is 2. The van der Waals surface area contributed by atoms with Crippen LogP contribution in [0.1, 0.15) is 87.9 Å². The predicted molar refractivity (Wildman–Crippen MR) is 292 cm³/mol. The molecule has 0 fully saturated rings. The highest BCUT2D eigenvalue weighted by atomic mass is 16.5. The second kappa shape index (κ2) is 42.3. The van der Waals surface area contributed by atoms with Gasteiger partial charge in [-0.3, -0.25) is 57.5 Å². The number of carbonyl (C=O) groups excluding carboxylic acids is 12. The molecule has 0 aliphatic carbocycles. The molecule has 0 spiro atoms. The number of carbonyl (C=O) groups is 14. The number of hydrogen-bond donors (Lipinski definition) is 20. The fourth-order valence-electron chi connectivity index (χ4n) is 7.26. The van der Waals surface area contributed by atoms with Crippen molar-refractivity contribution in [2.45, 2.75) is 126 Å². The fourth-order valence-corrected chi connectivity index (χ4v) is 7.26. The van der Waals surface area contributed by atoms with Crippen LogP contribution in [0.5, 0.6) is 5.75 Å². The predicted octanol–water partition coefficient (Wildman–Crippen LogP) is -9.10. The standard InChI is InChI=1S/C51H79N11O24/c1-28(70)32(21-63)56-41(73)18-52-44(76)34(23-65)61-48(80)37(26-68)58-43(75)20-54-46(78)35(24-66)62-49(81)38(27-69)59-42(74)19-53-45(77)33(22-64)60-47(79)36(25-67)57-40(72)16-15-31(51(84)85)55-39(71)10-8-6-4-2-3-5-7-9-17-86-30-13-11-29(12-14-30)50(82)83/h11-14,31-38,63-69H,2-10,15-27H2,1H3,(H,52,76)(H,53,77)(H,54,78)(H,55,71)(H,56,73)(H,57,72)(H,58,75)(H,59,74)(H,60,79)(H,61,80)(H,62,81)(H,82,83)(H,84,85)/t31-,32-,33-,34-,35-,36-,37-,38-/m0/s1. The zero-order valence-corrected chi connectivity index (χ0v) is 47.1. The summed E-state index contributed by atoms with van der Waals surface area (Å²) in [5, 5.41) is 109. The van der Waals surface area contributed by atoms with Crippen molar-refractivity contribution in [2.24, 2.45) is 0 Å². The second-order valence-electron chi connectivity index (χ2n) is 19.0. The van der Waals surface area contributed by atoms with Gasteiger partial charge in [-0.2, -0.15) is 0 Å². The molecule has 0 aliphatic rings. The summed E-state index contributed by atoms with van der Waals surface area (Å²) in [4.78, 5) is 173. The maximum atomic E-state index is 12.9. The van der Waals surface area contributed by atoms with E-state index in [1.807, 2.05) is 37.2 Å². The number of aliphatic carboxylic acids is 1. The molecule has 11 amide bonds. The third kappa shape index (κ3) is 30.4. The van der Waals surface area contributed by atoms with E-state index in [-0.39, 0.29) is 12.0 Å². The lowest BCUT2D eigenvalue weighted by molar-refractivity contribution is -0.142. The summed E-state index contributed by atoms with van der Waals surface area (Å²) in [5.41, 5.74) is 0.171. The highest BCUT2D eigenvalue weighted by molar-refractivity contribution is 5.98. The monoisotopic (exact) mass is 1230 g/mol. The molecule has 0 saturated heterocycles. The van der Waals surface area contributed by atoms with Gasteiger partial charge in [-0.1, -0.05) is 38.5 Å². The van der Waals surface area contributed by atoms with Crippen LogP contribution in [-0.4, -0.2) is 249 Å². The first-order valence-electron chi connectivity index (χ1n) is 27.0. The molecule has 0 aliphatic heterocycles. The third-order valence-electron chi connectivity index (χ3n) is 12.2. The average molecular weight is 1230 g/mol. The van der Waals surface area contributed by atoms with Crippen LogP contribution < -0.4 is 63.2 Å². The number of aliphatic hydroxyl groups excluding tert-OH is 7. The molecule has 86 heavy (non-hydrogen) atoms. The Morgan fingerprint density at radius 3 is 1.03 bits per heavy atom. The summed E-state index contributed by atoms with van der Waals surface area (Å²) in [5.74, 6) is -14.5. The molecule has 35 nitrogen and oxygen atoms in total. The van der Waals surface area contributed by atoms with Crippen LogP contribution in [0.25, 0.3) is 0 Å². The molecular formula is C51H79N11O24. The minimum absolute atomic E-state index is 0.0282. The molecule has 0 heterocycles. The maximum Gasteiger partial charge on any atom is 0.335 e. The van der Waals surface area contributed by atoms with Gasteiger partial charge in [0.05, 0.1) is 78.1 Å². The number of Topliss-reactive ketones (excluding diaryl/α,β-unsaturated/α-hetero) is 1. The molecule has 0 aromatic heterocycles. The molecule has 0 unspecified atom stereocenters. The fraction of sp³-hybridized carbons (Fsp3) is 0.608. The average Bonchev–Trinajstić information content (AvgIpc) is 3.68. The van der Waals surface area contributed by atoms with Gasteiger partial charge in [-0.25, -0.2) is 9.59 Å². The summed E-state index contributed by atoms with van der Waals surface area (Å²) in [6.45, 7) is -8.35. The Bertz CT molecular complexity index is 2430. The lowest BCUT2D eigenvalue weighted by Gasteiger charge is -2.22. The van der Waals surface area contributed by atoms with E-state index in [0.717, 1.165) is 45.4 Å². The lowest BCUT2D eigenvalue weighted by Crippen LogP contribution is -2.59. The molecule has 8 atom stereocenters. The van der Waals surface area contributed by atoms with Crippen LogP contribution in [0.3, 0.4) is 0 Å². The highest BCUT2D eigenvalue weighted by Crippen LogP contribution is 2.14. The van der Waals surface area contributed by atoms with Gasteiger partial charge < -0.3 is 109 Å². The lowest BCUT2D eigenvalue weighted by atomic mass is 10.1. The molecule has 1 aromatic rings. The molecular weight excluding hydrogens is 1150 g/mol. The number of aromatic carboxylic acids is 1. The number of aliphatic hydroxyl groups is 7. The Kier molecular flexibility index (Phi) is 37.2. The maximum absolute atomic E-state index is 12.9. The van der Waals surface area contributed by atoms with Crippen molar-refractivity contribution in [3.8, 4) is 5.75 Å². The number of nitrogens with one attached hydrogen (secondary N) is 11. The molecule has 0 bridgehead atoms. The van der Waals surface area contributed by atoms with E-state index in [1.165, 1.54) is 12.1 Å². The van der Waals surface area contributed by atoms with E-state index < -0.39 is 210 Å². The quantitative estimate of drug-likeness (QED) is 0.0270. The molecule has 0 radical (unpaired) electrons. The SMILES string of the molecule is CC(=O)[C@H](CO)NC(=O)CNC(=O)[C@H](CO)NC(=O)[C@H](CO)NC(=O)CNC(=O)[C@H](CO)NC(=O)[C@H](CO)NC(=O)CNC(=O)[C@H](CO)NC(=O)[C@H](CO)NC(=O)CC[C@H](NC(=O)CCCCCCCCCCOc1ccc(C(=O)O)cc1)C(=O)O. The Morgan fingerprint density at radius 2 is 0.686 bits per heavy atom. The smallest absolute Gasteiger partial charge is 0.335 e. The first kappa shape index (κ1) is 75.5. The summed E-state index contributed by atoms with van der Waals surface area (Å²) >= 11 is 0. The van der Waals surface area contributed by atoms with Gasteiger partial charge in [0.25, 0.3) is 0 Å². The Balaban J connectivity index is 2.53. The third-order valence-corrected chi connectivity index (χ3v) is 12.2. The minimum Gasteiger partial charge on any atom is -0.494 e. The van der Waals surface area contributed by atoms with Gasteiger partial charge in [0, 0.05) is 12.8 Å². The number of amides is 11. The summed E-state index contributed by atoms with van der Waals surface area (Å²) in [6.07, 6.45) is 5.71. The van der Waals surface area contributed by atoms with E-state index in [2.05, 4.69) is 21.3 Å². The molecule has 0 saturated carbocycles. The van der Waals surface area contributed by atoms with Gasteiger partial charge >= 0.3 is 11.9 Å². The van der Waals surface area contributed by atoms with Crippen LogP contribution in [0.2, 0.25) is 0 Å². The van der Waals surface area contributed by atoms with Crippen molar-refractivity contribution in [1.29, 1.82) is 0 Å². The van der Waals surface area contributed by atoms with Crippen molar-refractivity contribution < 1.29 is 118 Å². The van der Waals surface area contributed by atoms with Crippen molar-refractivity contribution in [2.75, 3.05) is 72.5 Å². The molecule has 482 valence electrons.